The molecule has 1 aliphatic heterocycles. The summed E-state index contributed by atoms with van der Waals surface area (Å²) in [6, 6.07) is 23.8. The molecule has 0 spiro atoms. The number of carbonyl (C=O) groups excluding carboxylic acids is 1. The number of H-pyrrole nitrogens is 2. The van der Waals surface area contributed by atoms with Crippen molar-refractivity contribution in [3.8, 4) is 11.3 Å². The van der Waals surface area contributed by atoms with Crippen LogP contribution in [0, 0.1) is 0 Å². The van der Waals surface area contributed by atoms with E-state index in [1.54, 1.807) is 6.20 Å². The summed E-state index contributed by atoms with van der Waals surface area (Å²) >= 11 is 0. The van der Waals surface area contributed by atoms with Gasteiger partial charge >= 0.3 is 0 Å². The van der Waals surface area contributed by atoms with Crippen LogP contribution in [0.2, 0.25) is 0 Å². The lowest BCUT2D eigenvalue weighted by Gasteiger charge is -2.25. The molecule has 1 atom stereocenters. The van der Waals surface area contributed by atoms with E-state index in [1.807, 2.05) is 71.8 Å². The average molecular weight is 419 g/mol. The Morgan fingerprint density at radius 3 is 2.59 bits per heavy atom. The largest absolute Gasteiger partial charge is 0.361 e. The Morgan fingerprint density at radius 2 is 1.75 bits per heavy atom. The van der Waals surface area contributed by atoms with E-state index in [2.05, 4.69) is 32.3 Å². The van der Waals surface area contributed by atoms with Gasteiger partial charge in [-0.1, -0.05) is 54.6 Å². The molecule has 2 aromatic carbocycles. The molecule has 0 radical (unpaired) electrons. The lowest BCUT2D eigenvalue weighted by molar-refractivity contribution is 0.0743. The molecular weight excluding hydrogens is 398 g/mol. The van der Waals surface area contributed by atoms with E-state index in [-0.39, 0.29) is 11.9 Å². The first-order valence-electron chi connectivity index (χ1n) is 10.7. The molecule has 156 valence electrons. The van der Waals surface area contributed by atoms with Gasteiger partial charge in [0.25, 0.3) is 5.91 Å². The normalized spacial score (nSPS) is 15.4. The molecule has 6 rings (SSSR count). The van der Waals surface area contributed by atoms with Gasteiger partial charge < -0.3 is 9.88 Å². The first kappa shape index (κ1) is 18.6. The van der Waals surface area contributed by atoms with Crippen LogP contribution < -0.4 is 0 Å². The molecular formula is C26H21N5O. The molecule has 1 amide bonds. The topological polar surface area (TPSA) is 77.7 Å². The number of fused-ring (bicyclic) bond motifs is 2. The number of hydrogen-bond acceptors (Lipinski definition) is 3. The number of amides is 1. The molecule has 3 aromatic heterocycles. The Labute approximate surface area is 184 Å². The Balaban J connectivity index is 1.40. The summed E-state index contributed by atoms with van der Waals surface area (Å²) in [5.41, 5.74) is 6.40. The number of hydrogen-bond donors (Lipinski definition) is 2. The minimum atomic E-state index is -0.280. The third kappa shape index (κ3) is 2.92. The van der Waals surface area contributed by atoms with Gasteiger partial charge in [0.2, 0.25) is 0 Å². The highest BCUT2D eigenvalue weighted by Crippen LogP contribution is 2.42. The lowest BCUT2D eigenvalue weighted by atomic mass is 9.99. The number of aromatic amines is 2. The SMILES string of the molecule is O=C1c2[nH]nc(-c3ccccc3)c2[C@H](c2ccccn2)N1CCc1c[nH]c2ccccc12. The number of rotatable bonds is 5. The molecule has 0 saturated carbocycles. The van der Waals surface area contributed by atoms with E-state index in [0.29, 0.717) is 12.2 Å². The second-order valence-corrected chi connectivity index (χ2v) is 7.99. The average Bonchev–Trinajstić information content (AvgIpc) is 3.53. The van der Waals surface area contributed by atoms with Crippen LogP contribution >= 0.6 is 0 Å². The number of nitrogens with zero attached hydrogens (tertiary/aromatic N) is 3. The van der Waals surface area contributed by atoms with Crippen molar-refractivity contribution >= 4 is 16.8 Å². The quantitative estimate of drug-likeness (QED) is 0.432. The molecule has 0 saturated heterocycles. The van der Waals surface area contributed by atoms with Crippen molar-refractivity contribution in [3.05, 3.63) is 108 Å². The zero-order valence-corrected chi connectivity index (χ0v) is 17.3. The third-order valence-electron chi connectivity index (χ3n) is 6.18. The van der Waals surface area contributed by atoms with Crippen LogP contribution in [-0.2, 0) is 6.42 Å². The fraction of sp³-hybridized carbons (Fsp3) is 0.115. The summed E-state index contributed by atoms with van der Waals surface area (Å²) in [7, 11) is 0. The molecule has 0 fully saturated rings. The molecule has 0 bridgehead atoms. The number of carbonyl (C=O) groups is 1. The maximum Gasteiger partial charge on any atom is 0.273 e. The third-order valence-corrected chi connectivity index (χ3v) is 6.18. The predicted molar refractivity (Wildman–Crippen MR) is 123 cm³/mol. The standard InChI is InChI=1S/C26H21N5O/c32-26-24-22(23(29-30-24)17-8-2-1-3-9-17)25(21-12-6-7-14-27-21)31(26)15-13-18-16-28-20-11-5-4-10-19(18)20/h1-12,14,16,25,28H,13,15H2,(H,29,30)/t25-/m0/s1. The van der Waals surface area contributed by atoms with Crippen LogP contribution in [0.25, 0.3) is 22.2 Å². The van der Waals surface area contributed by atoms with E-state index < -0.39 is 0 Å². The number of aromatic nitrogens is 4. The molecule has 4 heterocycles. The second-order valence-electron chi connectivity index (χ2n) is 7.99. The van der Waals surface area contributed by atoms with Gasteiger partial charge in [-0.25, -0.2) is 0 Å². The summed E-state index contributed by atoms with van der Waals surface area (Å²) in [6.45, 7) is 0.582. The van der Waals surface area contributed by atoms with Crippen molar-refractivity contribution in [1.82, 2.24) is 25.1 Å². The van der Waals surface area contributed by atoms with Gasteiger partial charge in [0.1, 0.15) is 11.7 Å². The minimum Gasteiger partial charge on any atom is -0.361 e. The highest BCUT2D eigenvalue weighted by Gasteiger charge is 2.42. The van der Waals surface area contributed by atoms with Gasteiger partial charge in [-0.05, 0) is 30.2 Å². The summed E-state index contributed by atoms with van der Waals surface area (Å²) in [6.07, 6.45) is 4.56. The van der Waals surface area contributed by atoms with Crippen LogP contribution in [0.15, 0.2) is 85.2 Å². The molecule has 6 heteroatoms. The Morgan fingerprint density at radius 1 is 0.938 bits per heavy atom. The smallest absolute Gasteiger partial charge is 0.273 e. The second kappa shape index (κ2) is 7.50. The zero-order chi connectivity index (χ0) is 21.5. The molecule has 5 aromatic rings. The van der Waals surface area contributed by atoms with Crippen LogP contribution in [0.4, 0.5) is 0 Å². The number of pyridine rings is 1. The molecule has 2 N–H and O–H groups in total. The van der Waals surface area contributed by atoms with E-state index in [4.69, 9.17) is 0 Å². The maximum atomic E-state index is 13.5. The number of para-hydroxylation sites is 1. The van der Waals surface area contributed by atoms with Gasteiger partial charge in [0.05, 0.1) is 11.4 Å². The monoisotopic (exact) mass is 419 g/mol. The molecule has 6 nitrogen and oxygen atoms in total. The fourth-order valence-corrected chi connectivity index (χ4v) is 4.67. The minimum absolute atomic E-state index is 0.0369. The van der Waals surface area contributed by atoms with Gasteiger partial charge in [-0.3, -0.25) is 14.9 Å². The number of nitrogens with one attached hydrogen (secondary N) is 2. The van der Waals surface area contributed by atoms with Crippen molar-refractivity contribution < 1.29 is 4.79 Å². The van der Waals surface area contributed by atoms with Crippen LogP contribution in [0.1, 0.15) is 33.4 Å². The van der Waals surface area contributed by atoms with Crippen molar-refractivity contribution in [2.45, 2.75) is 12.5 Å². The number of benzene rings is 2. The van der Waals surface area contributed by atoms with Crippen molar-refractivity contribution in [2.75, 3.05) is 6.54 Å². The summed E-state index contributed by atoms with van der Waals surface area (Å²) < 4.78 is 0. The Bertz CT molecular complexity index is 1400. The first-order valence-corrected chi connectivity index (χ1v) is 10.7. The summed E-state index contributed by atoms with van der Waals surface area (Å²) in [4.78, 5) is 23.3. The zero-order valence-electron chi connectivity index (χ0n) is 17.3. The predicted octanol–water partition coefficient (Wildman–Crippen LogP) is 4.74. The van der Waals surface area contributed by atoms with E-state index >= 15 is 0 Å². The highest BCUT2D eigenvalue weighted by molar-refractivity contribution is 6.00. The van der Waals surface area contributed by atoms with Gasteiger partial charge in [-0.15, -0.1) is 0 Å². The first-order chi connectivity index (χ1) is 15.8. The molecule has 0 unspecified atom stereocenters. The van der Waals surface area contributed by atoms with E-state index in [9.17, 15) is 4.79 Å². The Hall–Kier alpha value is -4.19. The van der Waals surface area contributed by atoms with Crippen molar-refractivity contribution in [3.63, 3.8) is 0 Å². The van der Waals surface area contributed by atoms with Gasteiger partial charge in [-0.2, -0.15) is 5.10 Å². The molecule has 32 heavy (non-hydrogen) atoms. The molecule has 1 aliphatic rings. The lowest BCUT2D eigenvalue weighted by Crippen LogP contribution is -2.32. The van der Waals surface area contributed by atoms with Crippen molar-refractivity contribution in [2.24, 2.45) is 0 Å². The fourth-order valence-electron chi connectivity index (χ4n) is 4.67. The van der Waals surface area contributed by atoms with Crippen molar-refractivity contribution in [1.29, 1.82) is 0 Å². The van der Waals surface area contributed by atoms with E-state index in [0.717, 1.165) is 34.5 Å². The Kier molecular flexibility index (Phi) is 4.35. The summed E-state index contributed by atoms with van der Waals surface area (Å²) in [5.74, 6) is -0.0369. The maximum absolute atomic E-state index is 13.5. The van der Waals surface area contributed by atoms with E-state index in [1.165, 1.54) is 10.9 Å². The summed E-state index contributed by atoms with van der Waals surface area (Å²) in [5, 5.41) is 8.72. The molecule has 0 aliphatic carbocycles. The van der Waals surface area contributed by atoms with Gasteiger partial charge in [0, 0.05) is 41.0 Å². The van der Waals surface area contributed by atoms with Crippen LogP contribution in [0.5, 0.6) is 0 Å². The van der Waals surface area contributed by atoms with Crippen LogP contribution in [0.3, 0.4) is 0 Å². The van der Waals surface area contributed by atoms with Gasteiger partial charge in [0.15, 0.2) is 0 Å². The highest BCUT2D eigenvalue weighted by atomic mass is 16.2. The van der Waals surface area contributed by atoms with Crippen LogP contribution in [-0.4, -0.2) is 37.5 Å².